The van der Waals surface area contributed by atoms with Crippen molar-refractivity contribution in [2.24, 2.45) is 0 Å². The molecule has 0 heterocycles. The second-order valence-corrected chi connectivity index (χ2v) is 1.34. The summed E-state index contributed by atoms with van der Waals surface area (Å²) < 4.78 is 22.1. The zero-order valence-corrected chi connectivity index (χ0v) is 3.60. The van der Waals surface area contributed by atoms with E-state index >= 15 is 0 Å². The predicted octanol–water partition coefficient (Wildman–Crippen LogP) is 1.10. The van der Waals surface area contributed by atoms with Gasteiger partial charge in [-0.05, 0) is 11.6 Å². The summed E-state index contributed by atoms with van der Waals surface area (Å²) in [6.07, 6.45) is 0. The standard InChI is InChI=1S/C2H3ClF2N/c3-2(4,5)1-6/h6H,1H2. The van der Waals surface area contributed by atoms with Crippen LogP contribution < -0.4 is 5.73 Å². The molecule has 1 nitrogen and oxygen atoms in total. The average molecular weight is 115 g/mol. The molecule has 4 heteroatoms. The van der Waals surface area contributed by atoms with Gasteiger partial charge in [0.15, 0.2) is 0 Å². The Balaban J connectivity index is 3.17. The van der Waals surface area contributed by atoms with Crippen LogP contribution in [0.25, 0.3) is 0 Å². The third-order valence-corrected chi connectivity index (χ3v) is 0.334. The molecule has 0 aliphatic rings. The topological polar surface area (TPSA) is 23.8 Å². The highest BCUT2D eigenvalue weighted by molar-refractivity contribution is 6.21. The highest BCUT2D eigenvalue weighted by Gasteiger charge is 2.20. The first kappa shape index (κ1) is 6.11. The van der Waals surface area contributed by atoms with Gasteiger partial charge < -0.3 is 0 Å². The first-order valence-corrected chi connectivity index (χ1v) is 1.65. The largest absolute Gasteiger partial charge is 0.335 e. The van der Waals surface area contributed by atoms with Crippen molar-refractivity contribution in [1.29, 1.82) is 0 Å². The van der Waals surface area contributed by atoms with Crippen molar-refractivity contribution >= 4 is 11.6 Å². The quantitative estimate of drug-likeness (QED) is 0.456. The lowest BCUT2D eigenvalue weighted by molar-refractivity contribution is 0.104. The molecule has 6 heavy (non-hydrogen) atoms. The van der Waals surface area contributed by atoms with Crippen LogP contribution >= 0.6 is 11.6 Å². The molecule has 0 spiro atoms. The highest BCUT2D eigenvalue weighted by Crippen LogP contribution is 2.15. The fourth-order valence-electron chi connectivity index (χ4n) is 0. The van der Waals surface area contributed by atoms with E-state index in [1.54, 1.807) is 0 Å². The van der Waals surface area contributed by atoms with Gasteiger partial charge in [-0.15, -0.1) is 0 Å². The molecular weight excluding hydrogens is 111 g/mol. The molecule has 0 saturated heterocycles. The van der Waals surface area contributed by atoms with Gasteiger partial charge in [0.05, 0.1) is 6.54 Å². The van der Waals surface area contributed by atoms with Gasteiger partial charge >= 0.3 is 5.38 Å². The van der Waals surface area contributed by atoms with Crippen LogP contribution in [-0.2, 0) is 0 Å². The highest BCUT2D eigenvalue weighted by atomic mass is 35.5. The summed E-state index contributed by atoms with van der Waals surface area (Å²) in [7, 11) is 0. The van der Waals surface area contributed by atoms with Gasteiger partial charge in [-0.2, -0.15) is 8.78 Å². The summed E-state index contributed by atoms with van der Waals surface area (Å²) in [6.45, 7) is -1.05. The number of rotatable bonds is 1. The second-order valence-electron chi connectivity index (χ2n) is 0.792. The van der Waals surface area contributed by atoms with Crippen LogP contribution in [0, 0.1) is 0 Å². The van der Waals surface area contributed by atoms with Crippen LogP contribution in [0.1, 0.15) is 0 Å². The van der Waals surface area contributed by atoms with Gasteiger partial charge in [-0.1, -0.05) is 0 Å². The maximum absolute atomic E-state index is 11.0. The lowest BCUT2D eigenvalue weighted by Gasteiger charge is -1.97. The Hall–Kier alpha value is 0.110. The minimum Gasteiger partial charge on any atom is -0.250 e. The molecule has 0 aliphatic heterocycles. The Bertz CT molecular complexity index is 41.3. The molecule has 0 unspecified atom stereocenters. The number of halogens is 3. The molecule has 0 aromatic rings. The molecule has 0 rings (SSSR count). The third kappa shape index (κ3) is 4.11. The monoisotopic (exact) mass is 114 g/mol. The van der Waals surface area contributed by atoms with Crippen molar-refractivity contribution in [3.8, 4) is 0 Å². The number of hydrogen-bond acceptors (Lipinski definition) is 0. The van der Waals surface area contributed by atoms with E-state index in [9.17, 15) is 8.78 Å². The molecule has 0 aromatic carbocycles. The van der Waals surface area contributed by atoms with E-state index in [1.807, 2.05) is 0 Å². The molecule has 0 aliphatic carbocycles. The van der Waals surface area contributed by atoms with Gasteiger partial charge in [0, 0.05) is 0 Å². The lowest BCUT2D eigenvalue weighted by Crippen LogP contribution is -2.12. The Labute approximate surface area is 39.1 Å². The van der Waals surface area contributed by atoms with E-state index in [0.29, 0.717) is 0 Å². The third-order valence-electron chi connectivity index (χ3n) is 0.200. The molecule has 1 radical (unpaired) electrons. The van der Waals surface area contributed by atoms with Crippen LogP contribution in [-0.4, -0.2) is 11.9 Å². The fraction of sp³-hybridized carbons (Fsp3) is 1.00. The Morgan fingerprint density at radius 3 is 1.83 bits per heavy atom. The van der Waals surface area contributed by atoms with Crippen molar-refractivity contribution < 1.29 is 8.78 Å². The minimum absolute atomic E-state index is 1.05. The van der Waals surface area contributed by atoms with Crippen LogP contribution in [0.4, 0.5) is 8.78 Å². The first-order chi connectivity index (χ1) is 2.56. The van der Waals surface area contributed by atoms with Gasteiger partial charge in [-0.3, -0.25) is 5.73 Å². The minimum atomic E-state index is -3.32. The van der Waals surface area contributed by atoms with Crippen LogP contribution in [0.3, 0.4) is 0 Å². The number of nitrogens with one attached hydrogen (secondary N) is 1. The summed E-state index contributed by atoms with van der Waals surface area (Å²) in [4.78, 5) is 0. The number of hydrogen-bond donors (Lipinski definition) is 0. The van der Waals surface area contributed by atoms with E-state index in [4.69, 9.17) is 5.73 Å². The van der Waals surface area contributed by atoms with Gasteiger partial charge in [0.2, 0.25) is 0 Å². The molecule has 0 amide bonds. The van der Waals surface area contributed by atoms with E-state index in [2.05, 4.69) is 11.6 Å². The fourth-order valence-corrected chi connectivity index (χ4v) is 0. The zero-order valence-electron chi connectivity index (χ0n) is 2.84. The molecule has 0 saturated carbocycles. The molecule has 0 bridgehead atoms. The maximum atomic E-state index is 11.0. The van der Waals surface area contributed by atoms with Crippen molar-refractivity contribution in [2.75, 3.05) is 6.54 Å². The summed E-state index contributed by atoms with van der Waals surface area (Å²) in [5.41, 5.74) is 5.97. The van der Waals surface area contributed by atoms with E-state index in [-0.39, 0.29) is 0 Å². The van der Waals surface area contributed by atoms with Crippen molar-refractivity contribution in [1.82, 2.24) is 5.73 Å². The average Bonchev–Trinajstić information content (AvgIpc) is 1.35. The Morgan fingerprint density at radius 1 is 1.67 bits per heavy atom. The van der Waals surface area contributed by atoms with Gasteiger partial charge in [0.1, 0.15) is 0 Å². The molecule has 0 atom stereocenters. The Kier molecular flexibility index (Phi) is 1.74. The van der Waals surface area contributed by atoms with Gasteiger partial charge in [0.25, 0.3) is 0 Å². The maximum Gasteiger partial charge on any atom is 0.335 e. The first-order valence-electron chi connectivity index (χ1n) is 1.27. The van der Waals surface area contributed by atoms with Crippen molar-refractivity contribution in [3.05, 3.63) is 0 Å². The van der Waals surface area contributed by atoms with Crippen LogP contribution in [0.2, 0.25) is 0 Å². The zero-order chi connectivity index (χ0) is 5.21. The molecule has 0 aromatic heterocycles. The smallest absolute Gasteiger partial charge is 0.250 e. The van der Waals surface area contributed by atoms with E-state index in [0.717, 1.165) is 0 Å². The van der Waals surface area contributed by atoms with E-state index in [1.165, 1.54) is 0 Å². The molecule has 37 valence electrons. The number of alkyl halides is 3. The van der Waals surface area contributed by atoms with Crippen LogP contribution in [0.5, 0.6) is 0 Å². The van der Waals surface area contributed by atoms with Crippen LogP contribution in [0.15, 0.2) is 0 Å². The summed E-state index contributed by atoms with van der Waals surface area (Å²) in [5, 5.41) is -3.32. The normalized spacial score (nSPS) is 12.0. The molecule has 0 fully saturated rings. The SMILES string of the molecule is [NH]CC(F)(F)Cl. The summed E-state index contributed by atoms with van der Waals surface area (Å²) in [6, 6.07) is 0. The predicted molar refractivity (Wildman–Crippen MR) is 18.8 cm³/mol. The van der Waals surface area contributed by atoms with Crippen molar-refractivity contribution in [2.45, 2.75) is 5.38 Å². The Morgan fingerprint density at radius 2 is 1.83 bits per heavy atom. The second kappa shape index (κ2) is 1.71. The van der Waals surface area contributed by atoms with Gasteiger partial charge in [-0.25, -0.2) is 0 Å². The van der Waals surface area contributed by atoms with Crippen molar-refractivity contribution in [3.63, 3.8) is 0 Å². The van der Waals surface area contributed by atoms with E-state index < -0.39 is 11.9 Å². The summed E-state index contributed by atoms with van der Waals surface area (Å²) in [5.74, 6) is 0. The lowest BCUT2D eigenvalue weighted by atomic mass is 10.7. The molecule has 1 N–H and O–H groups in total. The molecular formula is C2H3ClF2N. The summed E-state index contributed by atoms with van der Waals surface area (Å²) >= 11 is 4.20.